The number of nitrogens with zero attached hydrogens (tertiary/aromatic N) is 1. The predicted octanol–water partition coefficient (Wildman–Crippen LogP) is 6.84. The van der Waals surface area contributed by atoms with Gasteiger partial charge in [-0.05, 0) is 88.3 Å². The van der Waals surface area contributed by atoms with Crippen molar-refractivity contribution >= 4 is 67.8 Å². The minimum Gasteiger partial charge on any atom is -0.493 e. The summed E-state index contributed by atoms with van der Waals surface area (Å²) >= 11 is 11.5. The zero-order valence-electron chi connectivity index (χ0n) is 16.9. The van der Waals surface area contributed by atoms with Gasteiger partial charge in [0.25, 0.3) is 5.91 Å². The van der Waals surface area contributed by atoms with Gasteiger partial charge in [0.2, 0.25) is 0 Å². The number of benzene rings is 3. The summed E-state index contributed by atoms with van der Waals surface area (Å²) in [6.45, 7) is 0.321. The lowest BCUT2D eigenvalue weighted by Gasteiger charge is -2.14. The summed E-state index contributed by atoms with van der Waals surface area (Å²) in [5.41, 5.74) is 2.13. The molecule has 8 heteroatoms. The molecular formula is C24H17BrClIN2O3. The summed E-state index contributed by atoms with van der Waals surface area (Å²) in [5.74, 6) is 0.573. The third-order valence-electron chi connectivity index (χ3n) is 4.30. The lowest BCUT2D eigenvalue weighted by molar-refractivity contribution is -0.112. The Labute approximate surface area is 213 Å². The summed E-state index contributed by atoms with van der Waals surface area (Å²) in [7, 11) is 1.54. The number of hydrogen-bond acceptors (Lipinski definition) is 4. The Morgan fingerprint density at radius 3 is 2.62 bits per heavy atom. The first-order chi connectivity index (χ1) is 15.4. The number of hydrogen-bond donors (Lipinski definition) is 1. The molecule has 3 aromatic carbocycles. The van der Waals surface area contributed by atoms with Gasteiger partial charge in [-0.1, -0.05) is 39.7 Å². The highest BCUT2D eigenvalue weighted by atomic mass is 127. The van der Waals surface area contributed by atoms with Gasteiger partial charge in [-0.3, -0.25) is 4.79 Å². The van der Waals surface area contributed by atoms with Crippen LogP contribution in [-0.4, -0.2) is 13.0 Å². The van der Waals surface area contributed by atoms with Crippen molar-refractivity contribution in [1.82, 2.24) is 0 Å². The molecule has 3 rings (SSSR count). The van der Waals surface area contributed by atoms with Crippen LogP contribution < -0.4 is 14.8 Å². The number of rotatable bonds is 7. The van der Waals surface area contributed by atoms with Gasteiger partial charge in [-0.15, -0.1) is 0 Å². The Hall–Kier alpha value is -2.54. The molecule has 0 aliphatic carbocycles. The van der Waals surface area contributed by atoms with Crippen LogP contribution in [0.25, 0.3) is 6.08 Å². The van der Waals surface area contributed by atoms with Crippen LogP contribution in [-0.2, 0) is 11.4 Å². The molecule has 3 aromatic rings. The van der Waals surface area contributed by atoms with Crippen LogP contribution in [0.5, 0.6) is 11.5 Å². The van der Waals surface area contributed by atoms with Gasteiger partial charge in [0.1, 0.15) is 18.2 Å². The van der Waals surface area contributed by atoms with E-state index in [-0.39, 0.29) is 5.57 Å². The van der Waals surface area contributed by atoms with Crippen molar-refractivity contribution < 1.29 is 14.3 Å². The zero-order valence-corrected chi connectivity index (χ0v) is 21.4. The third-order valence-corrected chi connectivity index (χ3v) is 5.87. The Kier molecular flexibility index (Phi) is 8.56. The number of methoxy groups -OCH3 is 1. The van der Waals surface area contributed by atoms with Crippen molar-refractivity contribution in [3.63, 3.8) is 0 Å². The van der Waals surface area contributed by atoms with E-state index in [0.717, 1.165) is 13.6 Å². The van der Waals surface area contributed by atoms with Gasteiger partial charge in [0, 0.05) is 15.2 Å². The van der Waals surface area contributed by atoms with E-state index < -0.39 is 5.91 Å². The quantitative estimate of drug-likeness (QED) is 0.178. The second kappa shape index (κ2) is 11.4. The number of carbonyl (C=O) groups excluding carboxylic acids is 1. The fraction of sp³-hybridized carbons (Fsp3) is 0.0833. The lowest BCUT2D eigenvalue weighted by Crippen LogP contribution is -2.13. The van der Waals surface area contributed by atoms with Crippen LogP contribution in [0.2, 0.25) is 5.02 Å². The van der Waals surface area contributed by atoms with Crippen molar-refractivity contribution in [2.24, 2.45) is 0 Å². The normalized spacial score (nSPS) is 10.9. The molecule has 0 heterocycles. The largest absolute Gasteiger partial charge is 0.493 e. The summed E-state index contributed by atoms with van der Waals surface area (Å²) in [4.78, 5) is 12.5. The van der Waals surface area contributed by atoms with Crippen LogP contribution in [0.3, 0.4) is 0 Å². The smallest absolute Gasteiger partial charge is 0.266 e. The number of nitriles is 1. The Morgan fingerprint density at radius 1 is 1.22 bits per heavy atom. The standard InChI is InChI=1S/C24H17BrClIN2O3/c1-31-22-12-16(9-17(13-28)24(30)29-20-7-5-18(25)6-8-20)11-21(27)23(22)32-14-15-3-2-4-19(26)10-15/h2-12H,14H2,1H3,(H,29,30)/b17-9+. The van der Waals surface area contributed by atoms with E-state index in [4.69, 9.17) is 21.1 Å². The van der Waals surface area contributed by atoms with Gasteiger partial charge in [-0.25, -0.2) is 0 Å². The second-order valence-corrected chi connectivity index (χ2v) is 9.10. The minimum absolute atomic E-state index is 0.0293. The molecule has 1 N–H and O–H groups in total. The number of halogens is 3. The topological polar surface area (TPSA) is 71.3 Å². The molecule has 0 aliphatic rings. The third kappa shape index (κ3) is 6.48. The van der Waals surface area contributed by atoms with Crippen LogP contribution >= 0.6 is 50.1 Å². The van der Waals surface area contributed by atoms with Crippen LogP contribution in [0.4, 0.5) is 5.69 Å². The number of amides is 1. The molecule has 5 nitrogen and oxygen atoms in total. The van der Waals surface area contributed by atoms with Crippen molar-refractivity contribution in [3.05, 3.63) is 90.4 Å². The highest BCUT2D eigenvalue weighted by molar-refractivity contribution is 14.1. The molecule has 0 spiro atoms. The van der Waals surface area contributed by atoms with Gasteiger partial charge >= 0.3 is 0 Å². The van der Waals surface area contributed by atoms with Crippen LogP contribution in [0.1, 0.15) is 11.1 Å². The van der Waals surface area contributed by atoms with E-state index in [1.807, 2.05) is 30.3 Å². The molecule has 1 amide bonds. The van der Waals surface area contributed by atoms with Gasteiger partial charge in [0.15, 0.2) is 11.5 Å². The maximum absolute atomic E-state index is 12.5. The Bertz CT molecular complexity index is 1210. The molecule has 0 aliphatic heterocycles. The van der Waals surface area contributed by atoms with E-state index in [1.165, 1.54) is 13.2 Å². The number of anilines is 1. The highest BCUT2D eigenvalue weighted by Gasteiger charge is 2.14. The van der Waals surface area contributed by atoms with Gasteiger partial charge < -0.3 is 14.8 Å². The number of ether oxygens (including phenoxy) is 2. The first kappa shape index (κ1) is 24.1. The van der Waals surface area contributed by atoms with Crippen LogP contribution in [0, 0.1) is 14.9 Å². The van der Waals surface area contributed by atoms with Gasteiger partial charge in [-0.2, -0.15) is 5.26 Å². The van der Waals surface area contributed by atoms with Crippen molar-refractivity contribution in [2.45, 2.75) is 6.61 Å². The summed E-state index contributed by atoms with van der Waals surface area (Å²) in [6, 6.07) is 20.0. The second-order valence-electron chi connectivity index (χ2n) is 6.58. The molecule has 0 unspecified atom stereocenters. The molecular weight excluding hydrogens is 607 g/mol. The van der Waals surface area contributed by atoms with Crippen molar-refractivity contribution in [3.8, 4) is 17.6 Å². The first-order valence-electron chi connectivity index (χ1n) is 9.33. The van der Waals surface area contributed by atoms with E-state index in [1.54, 1.807) is 36.4 Å². The SMILES string of the molecule is COc1cc(/C=C(\C#N)C(=O)Nc2ccc(Br)cc2)cc(I)c1OCc1cccc(Cl)c1. The summed E-state index contributed by atoms with van der Waals surface area (Å²) in [5, 5.41) is 12.9. The van der Waals surface area contributed by atoms with Crippen molar-refractivity contribution in [2.75, 3.05) is 12.4 Å². The number of carbonyl (C=O) groups is 1. The van der Waals surface area contributed by atoms with E-state index in [0.29, 0.717) is 34.4 Å². The molecule has 0 aromatic heterocycles. The molecule has 0 fully saturated rings. The maximum atomic E-state index is 12.5. The van der Waals surface area contributed by atoms with E-state index in [9.17, 15) is 10.1 Å². The maximum Gasteiger partial charge on any atom is 0.266 e. The molecule has 0 radical (unpaired) electrons. The predicted molar refractivity (Wildman–Crippen MR) is 138 cm³/mol. The Balaban J connectivity index is 1.81. The van der Waals surface area contributed by atoms with Crippen LogP contribution in [0.15, 0.2) is 70.7 Å². The van der Waals surface area contributed by atoms with Gasteiger partial charge in [0.05, 0.1) is 10.7 Å². The molecule has 0 saturated heterocycles. The molecule has 0 atom stereocenters. The monoisotopic (exact) mass is 622 g/mol. The molecule has 0 bridgehead atoms. The minimum atomic E-state index is -0.495. The fourth-order valence-electron chi connectivity index (χ4n) is 2.79. The molecule has 0 saturated carbocycles. The van der Waals surface area contributed by atoms with Crippen molar-refractivity contribution in [1.29, 1.82) is 5.26 Å². The fourth-order valence-corrected chi connectivity index (χ4v) is 4.05. The average Bonchev–Trinajstić information content (AvgIpc) is 2.77. The average molecular weight is 624 g/mol. The Morgan fingerprint density at radius 2 is 1.97 bits per heavy atom. The van der Waals surface area contributed by atoms with E-state index in [2.05, 4.69) is 43.8 Å². The molecule has 32 heavy (non-hydrogen) atoms. The summed E-state index contributed by atoms with van der Waals surface area (Å²) in [6.07, 6.45) is 1.51. The summed E-state index contributed by atoms with van der Waals surface area (Å²) < 4.78 is 13.1. The zero-order chi connectivity index (χ0) is 23.1. The number of nitrogens with one attached hydrogen (secondary N) is 1. The van der Waals surface area contributed by atoms with E-state index >= 15 is 0 Å². The molecule has 162 valence electrons. The first-order valence-corrected chi connectivity index (χ1v) is 11.6. The lowest BCUT2D eigenvalue weighted by atomic mass is 10.1. The highest BCUT2D eigenvalue weighted by Crippen LogP contribution is 2.35.